The highest BCUT2D eigenvalue weighted by Crippen LogP contribution is 2.23. The highest BCUT2D eigenvalue weighted by molar-refractivity contribution is 5.38. The van der Waals surface area contributed by atoms with Gasteiger partial charge in [-0.25, -0.2) is 9.97 Å². The van der Waals surface area contributed by atoms with Crippen molar-refractivity contribution in [3.63, 3.8) is 0 Å². The Morgan fingerprint density at radius 3 is 2.50 bits per heavy atom. The third-order valence-corrected chi connectivity index (χ3v) is 4.15. The molecule has 24 heavy (non-hydrogen) atoms. The molecule has 1 saturated heterocycles. The smallest absolute Gasteiger partial charge is 0.316 e. The Morgan fingerprint density at radius 2 is 1.88 bits per heavy atom. The van der Waals surface area contributed by atoms with Crippen molar-refractivity contribution in [3.8, 4) is 6.01 Å². The van der Waals surface area contributed by atoms with Gasteiger partial charge in [0.15, 0.2) is 5.82 Å². The molecule has 0 bridgehead atoms. The van der Waals surface area contributed by atoms with Crippen LogP contribution in [-0.2, 0) is 5.41 Å². The number of piperidine rings is 1. The van der Waals surface area contributed by atoms with Gasteiger partial charge in [-0.1, -0.05) is 20.8 Å². The maximum absolute atomic E-state index is 5.93. The normalized spacial score (nSPS) is 18.5. The first-order chi connectivity index (χ1) is 11.4. The van der Waals surface area contributed by atoms with Crippen LogP contribution in [0.15, 0.2) is 24.5 Å². The van der Waals surface area contributed by atoms with Crippen molar-refractivity contribution in [3.05, 3.63) is 35.8 Å². The summed E-state index contributed by atoms with van der Waals surface area (Å²) >= 11 is 0. The fraction of sp³-hybridized carbons (Fsp3) is 0.556. The zero-order valence-corrected chi connectivity index (χ0v) is 14.9. The van der Waals surface area contributed by atoms with Crippen molar-refractivity contribution < 1.29 is 4.74 Å². The molecule has 1 unspecified atom stereocenters. The quantitative estimate of drug-likeness (QED) is 0.864. The lowest BCUT2D eigenvalue weighted by Crippen LogP contribution is -2.42. The Bertz CT molecular complexity index is 663. The summed E-state index contributed by atoms with van der Waals surface area (Å²) in [5, 5.41) is 8.80. The van der Waals surface area contributed by atoms with Crippen molar-refractivity contribution in [2.24, 2.45) is 0 Å². The van der Waals surface area contributed by atoms with E-state index in [-0.39, 0.29) is 11.5 Å². The highest BCUT2D eigenvalue weighted by atomic mass is 16.5. The van der Waals surface area contributed by atoms with E-state index in [1.54, 1.807) is 12.4 Å². The van der Waals surface area contributed by atoms with Crippen LogP contribution in [0.5, 0.6) is 6.01 Å². The summed E-state index contributed by atoms with van der Waals surface area (Å²) < 4.78 is 5.93. The highest BCUT2D eigenvalue weighted by Gasteiger charge is 2.24. The Kier molecular flexibility index (Phi) is 4.64. The average molecular weight is 327 g/mol. The standard InChI is InChI=1S/C18H25N5O/c1-13-10-19-17(20-11-13)24-14-6-5-9-23(12-14)16-8-7-15(21-22-16)18(2,3)4/h7-8,10-11,14H,5-6,9,12H2,1-4H3. The van der Waals surface area contributed by atoms with E-state index >= 15 is 0 Å². The van der Waals surface area contributed by atoms with E-state index in [0.717, 1.165) is 43.0 Å². The van der Waals surface area contributed by atoms with E-state index in [2.05, 4.69) is 58.0 Å². The third kappa shape index (κ3) is 3.99. The van der Waals surface area contributed by atoms with Gasteiger partial charge < -0.3 is 9.64 Å². The maximum Gasteiger partial charge on any atom is 0.316 e. The molecule has 2 aromatic rings. The van der Waals surface area contributed by atoms with Crippen LogP contribution >= 0.6 is 0 Å². The third-order valence-electron chi connectivity index (χ3n) is 4.15. The topological polar surface area (TPSA) is 64.0 Å². The minimum Gasteiger partial charge on any atom is -0.458 e. The molecule has 0 aliphatic carbocycles. The molecule has 0 N–H and O–H groups in total. The molecular formula is C18H25N5O. The number of rotatable bonds is 3. The number of nitrogens with zero attached hydrogens (tertiary/aromatic N) is 5. The van der Waals surface area contributed by atoms with Crippen LogP contribution in [0, 0.1) is 6.92 Å². The molecule has 0 amide bonds. The SMILES string of the molecule is Cc1cnc(OC2CCCN(c3ccc(C(C)(C)C)nn3)C2)nc1. The Morgan fingerprint density at radius 1 is 1.12 bits per heavy atom. The molecule has 128 valence electrons. The summed E-state index contributed by atoms with van der Waals surface area (Å²) in [7, 11) is 0. The van der Waals surface area contributed by atoms with Crippen LogP contribution in [0.1, 0.15) is 44.9 Å². The van der Waals surface area contributed by atoms with E-state index in [0.29, 0.717) is 6.01 Å². The lowest BCUT2D eigenvalue weighted by Gasteiger charge is -2.33. The maximum atomic E-state index is 5.93. The van der Waals surface area contributed by atoms with Gasteiger partial charge in [-0.15, -0.1) is 5.10 Å². The first-order valence-electron chi connectivity index (χ1n) is 8.46. The summed E-state index contributed by atoms with van der Waals surface area (Å²) in [5.41, 5.74) is 2.05. The van der Waals surface area contributed by atoms with Gasteiger partial charge in [-0.2, -0.15) is 5.10 Å². The first kappa shape index (κ1) is 16.6. The van der Waals surface area contributed by atoms with Gasteiger partial charge in [-0.05, 0) is 37.5 Å². The molecule has 3 rings (SSSR count). The number of aryl methyl sites for hydroxylation is 1. The molecule has 1 aliphatic rings. The number of hydrogen-bond acceptors (Lipinski definition) is 6. The molecule has 6 heteroatoms. The lowest BCUT2D eigenvalue weighted by atomic mass is 9.92. The largest absolute Gasteiger partial charge is 0.458 e. The minimum atomic E-state index is 0.0157. The molecule has 0 aromatic carbocycles. The van der Waals surface area contributed by atoms with Gasteiger partial charge in [-0.3, -0.25) is 0 Å². The number of anilines is 1. The van der Waals surface area contributed by atoms with Crippen molar-refractivity contribution in [2.45, 2.75) is 52.1 Å². The van der Waals surface area contributed by atoms with Crippen LogP contribution in [0.2, 0.25) is 0 Å². The Balaban J connectivity index is 1.65. The molecule has 6 nitrogen and oxygen atoms in total. The summed E-state index contributed by atoms with van der Waals surface area (Å²) in [6.07, 6.45) is 5.69. The van der Waals surface area contributed by atoms with Crippen LogP contribution in [0.4, 0.5) is 5.82 Å². The number of aromatic nitrogens is 4. The van der Waals surface area contributed by atoms with Gasteiger partial charge in [0.05, 0.1) is 12.2 Å². The predicted octanol–water partition coefficient (Wildman–Crippen LogP) is 2.92. The predicted molar refractivity (Wildman–Crippen MR) is 93.4 cm³/mol. The van der Waals surface area contributed by atoms with Crippen molar-refractivity contribution in [2.75, 3.05) is 18.0 Å². The molecule has 0 radical (unpaired) electrons. The van der Waals surface area contributed by atoms with Gasteiger partial charge >= 0.3 is 6.01 Å². The van der Waals surface area contributed by atoms with Crippen LogP contribution in [0.25, 0.3) is 0 Å². The second-order valence-corrected chi connectivity index (χ2v) is 7.40. The molecule has 0 saturated carbocycles. The van der Waals surface area contributed by atoms with Crippen molar-refractivity contribution in [1.82, 2.24) is 20.2 Å². The van der Waals surface area contributed by atoms with E-state index in [1.165, 1.54) is 0 Å². The first-order valence-corrected chi connectivity index (χ1v) is 8.46. The zero-order valence-electron chi connectivity index (χ0n) is 14.9. The second-order valence-electron chi connectivity index (χ2n) is 7.40. The molecule has 2 aromatic heterocycles. The van der Waals surface area contributed by atoms with Crippen LogP contribution in [-0.4, -0.2) is 39.4 Å². The van der Waals surface area contributed by atoms with E-state index in [1.807, 2.05) is 6.92 Å². The van der Waals surface area contributed by atoms with Crippen molar-refractivity contribution >= 4 is 5.82 Å². The van der Waals surface area contributed by atoms with Gasteiger partial charge in [0.2, 0.25) is 0 Å². The lowest BCUT2D eigenvalue weighted by molar-refractivity contribution is 0.164. The van der Waals surface area contributed by atoms with E-state index in [9.17, 15) is 0 Å². The van der Waals surface area contributed by atoms with Crippen molar-refractivity contribution in [1.29, 1.82) is 0 Å². The van der Waals surface area contributed by atoms with E-state index in [4.69, 9.17) is 4.74 Å². The molecule has 3 heterocycles. The average Bonchev–Trinajstić information content (AvgIpc) is 2.57. The summed E-state index contributed by atoms with van der Waals surface area (Å²) in [4.78, 5) is 10.7. The summed E-state index contributed by atoms with van der Waals surface area (Å²) in [5.74, 6) is 0.904. The Labute approximate surface area is 143 Å². The fourth-order valence-electron chi connectivity index (χ4n) is 2.73. The number of ether oxygens (including phenoxy) is 1. The molecule has 0 spiro atoms. The van der Waals surface area contributed by atoms with Gasteiger partial charge in [0.1, 0.15) is 6.10 Å². The molecular weight excluding hydrogens is 302 g/mol. The molecule has 1 atom stereocenters. The van der Waals surface area contributed by atoms with Gasteiger partial charge in [0, 0.05) is 24.4 Å². The monoisotopic (exact) mass is 327 g/mol. The van der Waals surface area contributed by atoms with Gasteiger partial charge in [0.25, 0.3) is 0 Å². The Hall–Kier alpha value is -2.24. The number of hydrogen-bond donors (Lipinski definition) is 0. The van der Waals surface area contributed by atoms with Crippen LogP contribution in [0.3, 0.4) is 0 Å². The second kappa shape index (κ2) is 6.71. The minimum absolute atomic E-state index is 0.0157. The fourth-order valence-corrected chi connectivity index (χ4v) is 2.73. The summed E-state index contributed by atoms with van der Waals surface area (Å²) in [6, 6.07) is 4.57. The van der Waals surface area contributed by atoms with Crippen LogP contribution < -0.4 is 9.64 Å². The zero-order chi connectivity index (χ0) is 17.2. The summed E-state index contributed by atoms with van der Waals surface area (Å²) in [6.45, 7) is 10.1. The van der Waals surface area contributed by atoms with E-state index < -0.39 is 0 Å². The molecule has 1 aliphatic heterocycles. The molecule has 1 fully saturated rings.